The zero-order chi connectivity index (χ0) is 20.5. The first kappa shape index (κ1) is 19.9. The first-order valence-corrected chi connectivity index (χ1v) is 11.1. The monoisotopic (exact) mass is 417 g/mol. The van der Waals surface area contributed by atoms with Crippen LogP contribution in [-0.4, -0.2) is 39.2 Å². The molecule has 10 heteroatoms. The molecule has 1 saturated carbocycles. The second-order valence-electron chi connectivity index (χ2n) is 7.72. The van der Waals surface area contributed by atoms with Gasteiger partial charge in [-0.15, -0.1) is 10.2 Å². The Morgan fingerprint density at radius 2 is 1.90 bits per heavy atom. The van der Waals surface area contributed by atoms with Crippen LogP contribution in [0.15, 0.2) is 21.1 Å². The molecular weight excluding hydrogens is 390 g/mol. The average Bonchev–Trinajstić information content (AvgIpc) is 3.29. The second kappa shape index (κ2) is 8.17. The molecule has 1 aliphatic carbocycles. The third-order valence-corrected chi connectivity index (χ3v) is 6.76. The maximum Gasteiger partial charge on any atom is 0.332 e. The Kier molecular flexibility index (Phi) is 5.62. The van der Waals surface area contributed by atoms with Crippen LogP contribution < -0.4 is 11.2 Å². The molecule has 9 nitrogen and oxygen atoms in total. The SMILES string of the molecule is Cc1nnc(SCCCn2c(=O)c3c(ncn3C)n(C)c2=O)n1C1CCCCC1. The summed E-state index contributed by atoms with van der Waals surface area (Å²) in [6.07, 6.45) is 8.45. The number of hydrogen-bond donors (Lipinski definition) is 0. The quantitative estimate of drug-likeness (QED) is 0.450. The maximum atomic E-state index is 12.8. The molecule has 0 radical (unpaired) electrons. The van der Waals surface area contributed by atoms with Gasteiger partial charge in [-0.25, -0.2) is 9.78 Å². The largest absolute Gasteiger partial charge is 0.332 e. The van der Waals surface area contributed by atoms with Crippen LogP contribution in [0.1, 0.15) is 50.4 Å². The molecule has 0 spiro atoms. The summed E-state index contributed by atoms with van der Waals surface area (Å²) in [5.74, 6) is 1.73. The van der Waals surface area contributed by atoms with E-state index in [9.17, 15) is 9.59 Å². The van der Waals surface area contributed by atoms with E-state index in [4.69, 9.17) is 0 Å². The van der Waals surface area contributed by atoms with Crippen molar-refractivity contribution in [3.05, 3.63) is 33.0 Å². The second-order valence-corrected chi connectivity index (χ2v) is 8.78. The van der Waals surface area contributed by atoms with Crippen molar-refractivity contribution in [2.24, 2.45) is 14.1 Å². The molecule has 156 valence electrons. The Hall–Kier alpha value is -2.36. The molecule has 0 bridgehead atoms. The first-order chi connectivity index (χ1) is 14.0. The Morgan fingerprint density at radius 3 is 2.66 bits per heavy atom. The number of aryl methyl sites for hydroxylation is 3. The smallest absolute Gasteiger partial charge is 0.328 e. The lowest BCUT2D eigenvalue weighted by Gasteiger charge is -2.25. The Bertz CT molecular complexity index is 1130. The zero-order valence-corrected chi connectivity index (χ0v) is 18.0. The molecule has 0 unspecified atom stereocenters. The Morgan fingerprint density at radius 1 is 1.14 bits per heavy atom. The summed E-state index contributed by atoms with van der Waals surface area (Å²) < 4.78 is 6.68. The fourth-order valence-electron chi connectivity index (χ4n) is 4.19. The molecule has 0 aromatic carbocycles. The highest BCUT2D eigenvalue weighted by molar-refractivity contribution is 7.99. The molecule has 0 saturated heterocycles. The van der Waals surface area contributed by atoms with E-state index < -0.39 is 0 Å². The van der Waals surface area contributed by atoms with Crippen molar-refractivity contribution in [3.8, 4) is 0 Å². The lowest BCUT2D eigenvalue weighted by molar-refractivity contribution is 0.332. The van der Waals surface area contributed by atoms with Crippen molar-refractivity contribution in [3.63, 3.8) is 0 Å². The third-order valence-electron chi connectivity index (χ3n) is 5.73. The van der Waals surface area contributed by atoms with Crippen LogP contribution in [-0.2, 0) is 20.6 Å². The minimum Gasteiger partial charge on any atom is -0.328 e. The molecule has 3 heterocycles. The normalized spacial score (nSPS) is 15.4. The summed E-state index contributed by atoms with van der Waals surface area (Å²) >= 11 is 1.65. The topological polar surface area (TPSA) is 92.5 Å². The Balaban J connectivity index is 1.47. The first-order valence-electron chi connectivity index (χ1n) is 10.1. The minimum absolute atomic E-state index is 0.283. The summed E-state index contributed by atoms with van der Waals surface area (Å²) in [6, 6.07) is 0.489. The van der Waals surface area contributed by atoms with Crippen LogP contribution in [0.4, 0.5) is 0 Å². The summed E-state index contributed by atoms with van der Waals surface area (Å²) in [7, 11) is 3.42. The molecular formula is C19H27N7O2S. The van der Waals surface area contributed by atoms with Crippen molar-refractivity contribution in [2.45, 2.75) is 63.2 Å². The van der Waals surface area contributed by atoms with Crippen molar-refractivity contribution in [1.29, 1.82) is 0 Å². The molecule has 3 aromatic heterocycles. The van der Waals surface area contributed by atoms with Gasteiger partial charge in [-0.1, -0.05) is 31.0 Å². The third kappa shape index (κ3) is 3.65. The molecule has 3 aromatic rings. The van der Waals surface area contributed by atoms with Crippen LogP contribution >= 0.6 is 11.8 Å². The summed E-state index contributed by atoms with van der Waals surface area (Å²) in [5, 5.41) is 9.58. The highest BCUT2D eigenvalue weighted by Crippen LogP contribution is 2.32. The lowest BCUT2D eigenvalue weighted by atomic mass is 9.95. The van der Waals surface area contributed by atoms with E-state index in [0.29, 0.717) is 30.2 Å². The van der Waals surface area contributed by atoms with Gasteiger partial charge < -0.3 is 9.13 Å². The molecule has 4 rings (SSSR count). The number of hydrogen-bond acceptors (Lipinski definition) is 6. The predicted octanol–water partition coefficient (Wildman–Crippen LogP) is 2.02. The summed E-state index contributed by atoms with van der Waals surface area (Å²) in [5.41, 5.74) is 0.262. The van der Waals surface area contributed by atoms with E-state index >= 15 is 0 Å². The number of fused-ring (bicyclic) bond motifs is 1. The fraction of sp³-hybridized carbons (Fsp3) is 0.632. The predicted molar refractivity (Wildman–Crippen MR) is 112 cm³/mol. The van der Waals surface area contributed by atoms with Gasteiger partial charge in [0.05, 0.1) is 6.33 Å². The van der Waals surface area contributed by atoms with E-state index in [2.05, 4.69) is 19.7 Å². The van der Waals surface area contributed by atoms with Gasteiger partial charge in [-0.2, -0.15) is 0 Å². The van der Waals surface area contributed by atoms with E-state index in [0.717, 1.165) is 16.7 Å². The molecule has 0 amide bonds. The standard InChI is InChI=1S/C19H27N7O2S/c1-13-21-22-18(26(13)14-8-5-4-6-9-14)29-11-7-10-25-17(27)15-16(20-12-23(15)2)24(3)19(25)28/h12,14H,4-11H2,1-3H3. The highest BCUT2D eigenvalue weighted by Gasteiger charge is 2.21. The number of rotatable bonds is 6. The number of nitrogens with zero attached hydrogens (tertiary/aromatic N) is 7. The molecule has 0 N–H and O–H groups in total. The molecule has 0 atom stereocenters. The zero-order valence-electron chi connectivity index (χ0n) is 17.2. The van der Waals surface area contributed by atoms with Gasteiger partial charge in [0.1, 0.15) is 5.82 Å². The van der Waals surface area contributed by atoms with Crippen LogP contribution in [0.2, 0.25) is 0 Å². The van der Waals surface area contributed by atoms with Crippen molar-refractivity contribution in [1.82, 2.24) is 33.4 Å². The van der Waals surface area contributed by atoms with Crippen LogP contribution in [0, 0.1) is 6.92 Å². The van der Waals surface area contributed by atoms with Gasteiger partial charge in [-0.3, -0.25) is 13.9 Å². The average molecular weight is 418 g/mol. The van der Waals surface area contributed by atoms with Crippen molar-refractivity contribution < 1.29 is 0 Å². The summed E-state index contributed by atoms with van der Waals surface area (Å²) in [6.45, 7) is 2.38. The van der Waals surface area contributed by atoms with Gasteiger partial charge in [0, 0.05) is 32.4 Å². The van der Waals surface area contributed by atoms with E-state index in [1.807, 2.05) is 6.92 Å². The Labute approximate surface area is 172 Å². The van der Waals surface area contributed by atoms with Crippen molar-refractivity contribution in [2.75, 3.05) is 5.75 Å². The molecule has 1 aliphatic rings. The van der Waals surface area contributed by atoms with Gasteiger partial charge in [0.2, 0.25) is 0 Å². The molecule has 0 aliphatic heterocycles. The summed E-state index contributed by atoms with van der Waals surface area (Å²) in [4.78, 5) is 29.5. The molecule has 29 heavy (non-hydrogen) atoms. The van der Waals surface area contributed by atoms with Crippen molar-refractivity contribution >= 4 is 22.9 Å². The minimum atomic E-state index is -0.326. The van der Waals surface area contributed by atoms with Crippen LogP contribution in [0.3, 0.4) is 0 Å². The van der Waals surface area contributed by atoms with Gasteiger partial charge in [0.25, 0.3) is 5.56 Å². The molecule has 1 fully saturated rings. The van der Waals surface area contributed by atoms with Crippen LogP contribution in [0.25, 0.3) is 11.2 Å². The number of aromatic nitrogens is 7. The number of imidazole rings is 1. The highest BCUT2D eigenvalue weighted by atomic mass is 32.2. The van der Waals surface area contributed by atoms with Gasteiger partial charge in [-0.05, 0) is 26.2 Å². The maximum absolute atomic E-state index is 12.8. The van der Waals surface area contributed by atoms with Crippen LogP contribution in [0.5, 0.6) is 0 Å². The fourth-order valence-corrected chi connectivity index (χ4v) is 5.16. The van der Waals surface area contributed by atoms with E-state index in [1.54, 1.807) is 36.8 Å². The number of thioether (sulfide) groups is 1. The van der Waals surface area contributed by atoms with E-state index in [-0.39, 0.29) is 11.2 Å². The van der Waals surface area contributed by atoms with E-state index in [1.165, 1.54) is 41.2 Å². The van der Waals surface area contributed by atoms with Gasteiger partial charge in [0.15, 0.2) is 16.3 Å². The lowest BCUT2D eigenvalue weighted by Crippen LogP contribution is -2.39. The van der Waals surface area contributed by atoms with Gasteiger partial charge >= 0.3 is 5.69 Å².